The van der Waals surface area contributed by atoms with Crippen molar-refractivity contribution in [1.29, 1.82) is 0 Å². The molecule has 0 radical (unpaired) electrons. The van der Waals surface area contributed by atoms with Crippen LogP contribution in [0.5, 0.6) is 5.75 Å². The van der Waals surface area contributed by atoms with Gasteiger partial charge in [0.15, 0.2) is 5.78 Å². The number of amides is 2. The number of likely N-dealkylation sites (tertiary alicyclic amines) is 1. The fourth-order valence-electron chi connectivity index (χ4n) is 6.35. The van der Waals surface area contributed by atoms with Crippen molar-refractivity contribution in [2.75, 3.05) is 0 Å². The molecule has 172 valence electrons. The number of carbonyl (C=O) groups excluding carboxylic acids is 4. The highest BCUT2D eigenvalue weighted by Gasteiger charge is 2.68. The van der Waals surface area contributed by atoms with Crippen LogP contribution in [0.15, 0.2) is 66.7 Å². The zero-order valence-electron chi connectivity index (χ0n) is 18.8. The van der Waals surface area contributed by atoms with Gasteiger partial charge in [-0.05, 0) is 66.8 Å². The van der Waals surface area contributed by atoms with Crippen molar-refractivity contribution in [3.05, 3.63) is 77.9 Å². The van der Waals surface area contributed by atoms with Crippen LogP contribution in [0.25, 0.3) is 0 Å². The summed E-state index contributed by atoms with van der Waals surface area (Å²) in [5, 5.41) is 0. The minimum atomic E-state index is -1.05. The van der Waals surface area contributed by atoms with Gasteiger partial charge in [0.1, 0.15) is 11.8 Å². The number of benzene rings is 2. The molecule has 0 spiro atoms. The third kappa shape index (κ3) is 3.23. The lowest BCUT2D eigenvalue weighted by molar-refractivity contribution is -0.153. The van der Waals surface area contributed by atoms with Gasteiger partial charge in [0.25, 0.3) is 0 Å². The number of allylic oxidation sites excluding steroid dienone is 2. The number of Topliss-reactive ketones (excluding diaryl/α,β-unsaturated/α-hetero) is 1. The highest BCUT2D eigenvalue weighted by Crippen LogP contribution is 2.65. The fourth-order valence-corrected chi connectivity index (χ4v) is 6.35. The number of esters is 1. The lowest BCUT2D eigenvalue weighted by Gasteiger charge is -2.37. The van der Waals surface area contributed by atoms with Crippen LogP contribution in [0.4, 0.5) is 0 Å². The molecule has 1 heterocycles. The average Bonchev–Trinajstić information content (AvgIpc) is 3.62. The van der Waals surface area contributed by atoms with E-state index < -0.39 is 12.0 Å². The topological polar surface area (TPSA) is 80.8 Å². The molecule has 0 aromatic heterocycles. The van der Waals surface area contributed by atoms with Crippen molar-refractivity contribution >= 4 is 23.6 Å². The largest absolute Gasteiger partial charge is 0.425 e. The van der Waals surface area contributed by atoms with Crippen LogP contribution in [-0.2, 0) is 20.8 Å². The maximum atomic E-state index is 13.6. The number of nitrogens with zero attached hydrogens (tertiary/aromatic N) is 1. The molecular formula is C28H25NO5. The first-order chi connectivity index (χ1) is 16.4. The Kier molecular flexibility index (Phi) is 4.80. The van der Waals surface area contributed by atoms with Crippen molar-refractivity contribution in [3.63, 3.8) is 0 Å². The average molecular weight is 456 g/mol. The van der Waals surface area contributed by atoms with Gasteiger partial charge in [-0.3, -0.25) is 19.3 Å². The Morgan fingerprint density at radius 2 is 1.50 bits per heavy atom. The van der Waals surface area contributed by atoms with Gasteiger partial charge in [-0.2, -0.15) is 0 Å². The quantitative estimate of drug-likeness (QED) is 0.219. The summed E-state index contributed by atoms with van der Waals surface area (Å²) in [7, 11) is 0. The SMILES string of the molecule is CC(=O)c1ccc(OC(=O)[C@@H](Cc2ccccc2)N2C(=O)[C@@H]3[C@@H]4C=C[C@H]([C@H]5C[C@@H]45)[C@@H]3C2=O)cc1. The van der Waals surface area contributed by atoms with Crippen LogP contribution in [0.2, 0.25) is 0 Å². The normalized spacial score (nSPS) is 31.1. The summed E-state index contributed by atoms with van der Waals surface area (Å²) in [4.78, 5) is 53.4. The van der Waals surface area contributed by atoms with Crippen LogP contribution >= 0.6 is 0 Å². The van der Waals surface area contributed by atoms with Crippen molar-refractivity contribution < 1.29 is 23.9 Å². The van der Waals surface area contributed by atoms with Gasteiger partial charge in [-0.15, -0.1) is 0 Å². The van der Waals surface area contributed by atoms with Crippen molar-refractivity contribution in [2.24, 2.45) is 35.5 Å². The second kappa shape index (κ2) is 7.76. The molecule has 0 N–H and O–H groups in total. The maximum Gasteiger partial charge on any atom is 0.335 e. The van der Waals surface area contributed by atoms with E-state index in [1.54, 1.807) is 24.3 Å². The van der Waals surface area contributed by atoms with E-state index in [0.717, 1.165) is 12.0 Å². The van der Waals surface area contributed by atoms with Crippen LogP contribution in [-0.4, -0.2) is 34.5 Å². The number of hydrogen-bond donors (Lipinski definition) is 0. The summed E-state index contributed by atoms with van der Waals surface area (Å²) in [5.74, 6) is -0.523. The lowest BCUT2D eigenvalue weighted by atomic mass is 9.63. The van der Waals surface area contributed by atoms with E-state index >= 15 is 0 Å². The summed E-state index contributed by atoms with van der Waals surface area (Å²) in [6.07, 6.45) is 5.52. The molecule has 2 bridgehead atoms. The Balaban J connectivity index is 1.30. The molecule has 6 heteroatoms. The minimum Gasteiger partial charge on any atom is -0.425 e. The molecule has 3 fully saturated rings. The Morgan fingerprint density at radius 1 is 0.912 bits per heavy atom. The van der Waals surface area contributed by atoms with E-state index in [0.29, 0.717) is 17.4 Å². The van der Waals surface area contributed by atoms with Crippen LogP contribution in [0.1, 0.15) is 29.3 Å². The van der Waals surface area contributed by atoms with Crippen molar-refractivity contribution in [3.8, 4) is 5.75 Å². The van der Waals surface area contributed by atoms with Gasteiger partial charge in [-0.1, -0.05) is 42.5 Å². The lowest BCUT2D eigenvalue weighted by Crippen LogP contribution is -2.48. The monoisotopic (exact) mass is 455 g/mol. The van der Waals surface area contributed by atoms with Gasteiger partial charge < -0.3 is 4.74 Å². The van der Waals surface area contributed by atoms with Crippen molar-refractivity contribution in [2.45, 2.75) is 25.8 Å². The Labute approximate surface area is 197 Å². The smallest absolute Gasteiger partial charge is 0.335 e. The Hall–Kier alpha value is -3.54. The summed E-state index contributed by atoms with van der Waals surface area (Å²) >= 11 is 0. The molecule has 2 aromatic rings. The van der Waals surface area contributed by atoms with Gasteiger partial charge in [0.05, 0.1) is 11.8 Å². The first kappa shape index (κ1) is 21.0. The molecule has 7 atom stereocenters. The molecule has 7 rings (SSSR count). The number of carbonyl (C=O) groups is 4. The third-order valence-electron chi connectivity index (χ3n) is 8.03. The fraction of sp³-hybridized carbons (Fsp3) is 0.357. The Morgan fingerprint density at radius 3 is 2.06 bits per heavy atom. The molecule has 1 aliphatic heterocycles. The number of ketones is 1. The van der Waals surface area contributed by atoms with Gasteiger partial charge in [-0.25, -0.2) is 4.79 Å². The van der Waals surface area contributed by atoms with Crippen LogP contribution in [0, 0.1) is 35.5 Å². The number of imide groups is 1. The highest BCUT2D eigenvalue weighted by atomic mass is 16.5. The first-order valence-electron chi connectivity index (χ1n) is 11.9. The zero-order chi connectivity index (χ0) is 23.6. The molecule has 2 amide bonds. The molecule has 5 aliphatic rings. The van der Waals surface area contributed by atoms with E-state index in [-0.39, 0.29) is 53.4 Å². The molecule has 6 nitrogen and oxygen atoms in total. The number of rotatable bonds is 6. The minimum absolute atomic E-state index is 0.0861. The van der Waals surface area contributed by atoms with Crippen molar-refractivity contribution in [1.82, 2.24) is 4.90 Å². The second-order valence-corrected chi connectivity index (χ2v) is 9.91. The molecule has 4 aliphatic carbocycles. The molecule has 34 heavy (non-hydrogen) atoms. The van der Waals surface area contributed by atoms with Crippen LogP contribution in [0.3, 0.4) is 0 Å². The molecule has 0 unspecified atom stereocenters. The van der Waals surface area contributed by atoms with E-state index in [9.17, 15) is 19.2 Å². The summed E-state index contributed by atoms with van der Waals surface area (Å²) < 4.78 is 5.63. The van der Waals surface area contributed by atoms with E-state index in [2.05, 4.69) is 12.2 Å². The second-order valence-electron chi connectivity index (χ2n) is 9.91. The molecular weight excluding hydrogens is 430 g/mol. The standard InChI is InChI=1S/C28H25NO5/c1-15(30)17-7-9-18(10-8-17)34-28(33)23(13-16-5-3-2-4-6-16)29-26(31)24-19-11-12-20(22-14-21(19)22)25(24)27(29)32/h2-12,19-25H,13-14H2,1H3/t19-,20-,21-,22+,23-,24+,25-/m1/s1. The predicted molar refractivity (Wildman–Crippen MR) is 123 cm³/mol. The van der Waals surface area contributed by atoms with E-state index in [1.807, 2.05) is 30.3 Å². The first-order valence-corrected chi connectivity index (χ1v) is 11.9. The zero-order valence-corrected chi connectivity index (χ0v) is 18.8. The summed E-state index contributed by atoms with van der Waals surface area (Å²) in [5.41, 5.74) is 1.35. The summed E-state index contributed by atoms with van der Waals surface area (Å²) in [6.45, 7) is 1.47. The van der Waals surface area contributed by atoms with Crippen LogP contribution < -0.4 is 4.74 Å². The predicted octanol–water partition coefficient (Wildman–Crippen LogP) is 3.46. The third-order valence-corrected chi connectivity index (χ3v) is 8.03. The van der Waals surface area contributed by atoms with E-state index in [4.69, 9.17) is 4.74 Å². The number of ether oxygens (including phenoxy) is 1. The van der Waals surface area contributed by atoms with Gasteiger partial charge >= 0.3 is 5.97 Å². The van der Waals surface area contributed by atoms with Gasteiger partial charge in [0.2, 0.25) is 11.8 Å². The molecule has 2 saturated carbocycles. The summed E-state index contributed by atoms with van der Waals surface area (Å²) in [6, 6.07) is 14.6. The number of hydrogen-bond acceptors (Lipinski definition) is 5. The Bertz CT molecular complexity index is 1180. The van der Waals surface area contributed by atoms with Gasteiger partial charge in [0, 0.05) is 12.0 Å². The highest BCUT2D eigenvalue weighted by molar-refractivity contribution is 6.09. The van der Waals surface area contributed by atoms with E-state index in [1.165, 1.54) is 11.8 Å². The molecule has 1 saturated heterocycles. The molecule has 2 aromatic carbocycles. The maximum absolute atomic E-state index is 13.6.